The molecule has 160 valence electrons. The van der Waals surface area contributed by atoms with Crippen LogP contribution in [0.4, 0.5) is 5.69 Å². The second-order valence-corrected chi connectivity index (χ2v) is 7.79. The Bertz CT molecular complexity index is 1030. The van der Waals surface area contributed by atoms with E-state index in [1.54, 1.807) is 18.7 Å². The number of nitriles is 1. The van der Waals surface area contributed by atoms with E-state index in [1.807, 2.05) is 32.9 Å². The summed E-state index contributed by atoms with van der Waals surface area (Å²) in [6.45, 7) is 12.2. The zero-order valence-electron chi connectivity index (χ0n) is 18.7. The van der Waals surface area contributed by atoms with Crippen molar-refractivity contribution in [1.29, 1.82) is 5.26 Å². The van der Waals surface area contributed by atoms with Gasteiger partial charge >= 0.3 is 5.97 Å². The fraction of sp³-hybridized carbons (Fsp3) is 0.455. The van der Waals surface area contributed by atoms with Crippen molar-refractivity contribution in [1.82, 2.24) is 14.3 Å². The van der Waals surface area contributed by atoms with E-state index in [0.29, 0.717) is 17.3 Å². The molecule has 2 rings (SSSR count). The van der Waals surface area contributed by atoms with Crippen LogP contribution < -0.4 is 5.32 Å². The quantitative estimate of drug-likeness (QED) is 0.428. The molecule has 0 unspecified atom stereocenters. The van der Waals surface area contributed by atoms with Gasteiger partial charge in [-0.1, -0.05) is 13.8 Å². The minimum absolute atomic E-state index is 0.152. The first-order valence-electron chi connectivity index (χ1n) is 9.80. The van der Waals surface area contributed by atoms with Crippen molar-refractivity contribution in [3.63, 3.8) is 0 Å². The molecule has 0 aliphatic heterocycles. The number of ether oxygens (including phenoxy) is 1. The summed E-state index contributed by atoms with van der Waals surface area (Å²) in [5.74, 6) is -0.853. The highest BCUT2D eigenvalue weighted by Crippen LogP contribution is 2.20. The molecule has 0 spiro atoms. The van der Waals surface area contributed by atoms with Crippen LogP contribution in [-0.4, -0.2) is 32.8 Å². The Labute approximate surface area is 177 Å². The summed E-state index contributed by atoms with van der Waals surface area (Å²) >= 11 is 0. The minimum Gasteiger partial charge on any atom is -0.451 e. The fourth-order valence-electron chi connectivity index (χ4n) is 3.25. The summed E-state index contributed by atoms with van der Waals surface area (Å²) in [6, 6.07) is 3.81. The Hall–Kier alpha value is -3.34. The van der Waals surface area contributed by atoms with Gasteiger partial charge in [-0.05, 0) is 51.3 Å². The maximum Gasteiger partial charge on any atom is 0.349 e. The Morgan fingerprint density at radius 2 is 1.93 bits per heavy atom. The summed E-state index contributed by atoms with van der Waals surface area (Å²) < 4.78 is 8.87. The van der Waals surface area contributed by atoms with Gasteiger partial charge in [-0.15, -0.1) is 0 Å². The summed E-state index contributed by atoms with van der Waals surface area (Å²) in [7, 11) is 1.78. The Morgan fingerprint density at radius 3 is 2.47 bits per heavy atom. The maximum absolute atomic E-state index is 12.3. The summed E-state index contributed by atoms with van der Waals surface area (Å²) in [4.78, 5) is 24.5. The Balaban J connectivity index is 2.08. The monoisotopic (exact) mass is 411 g/mol. The Kier molecular flexibility index (Phi) is 7.22. The smallest absolute Gasteiger partial charge is 0.349 e. The van der Waals surface area contributed by atoms with Crippen molar-refractivity contribution in [3.05, 3.63) is 40.0 Å². The number of nitrogens with zero attached hydrogens (tertiary/aromatic N) is 4. The number of carbonyl (C=O) groups excluding carboxylic acids is 2. The zero-order valence-corrected chi connectivity index (χ0v) is 18.7. The van der Waals surface area contributed by atoms with Crippen LogP contribution in [-0.2, 0) is 27.9 Å². The number of esters is 1. The van der Waals surface area contributed by atoms with Gasteiger partial charge in [0.1, 0.15) is 11.6 Å². The molecule has 0 fully saturated rings. The molecule has 2 heterocycles. The molecule has 2 aromatic heterocycles. The molecule has 0 aliphatic rings. The molecular weight excluding hydrogens is 382 g/mol. The van der Waals surface area contributed by atoms with E-state index < -0.39 is 18.5 Å². The first kappa shape index (κ1) is 22.9. The topological polar surface area (TPSA) is 102 Å². The van der Waals surface area contributed by atoms with E-state index in [9.17, 15) is 14.9 Å². The van der Waals surface area contributed by atoms with Crippen molar-refractivity contribution in [2.75, 3.05) is 11.9 Å². The lowest BCUT2D eigenvalue weighted by Crippen LogP contribution is -2.22. The lowest BCUT2D eigenvalue weighted by atomic mass is 10.1. The number of aryl methyl sites for hydroxylation is 3. The molecule has 1 N–H and O–H groups in total. The zero-order chi connectivity index (χ0) is 22.6. The molecule has 0 atom stereocenters. The summed E-state index contributed by atoms with van der Waals surface area (Å²) in [5.41, 5.74) is 4.72. The molecule has 8 nitrogen and oxygen atoms in total. The number of hydrogen-bond donors (Lipinski definition) is 1. The van der Waals surface area contributed by atoms with Gasteiger partial charge < -0.3 is 14.6 Å². The van der Waals surface area contributed by atoms with Crippen molar-refractivity contribution in [3.8, 4) is 6.07 Å². The lowest BCUT2D eigenvalue weighted by molar-refractivity contribution is -0.142. The molecule has 2 aromatic rings. The third-order valence-electron chi connectivity index (χ3n) is 4.91. The highest BCUT2D eigenvalue weighted by Gasteiger charge is 2.17. The van der Waals surface area contributed by atoms with Crippen molar-refractivity contribution >= 4 is 23.6 Å². The highest BCUT2D eigenvalue weighted by molar-refractivity contribution is 6.00. The molecule has 0 radical (unpaired) electrons. The molecule has 0 aromatic carbocycles. The van der Waals surface area contributed by atoms with E-state index in [0.717, 1.165) is 29.2 Å². The van der Waals surface area contributed by atoms with Gasteiger partial charge in [0.2, 0.25) is 0 Å². The van der Waals surface area contributed by atoms with Crippen molar-refractivity contribution in [2.45, 2.75) is 48.1 Å². The first-order chi connectivity index (χ1) is 14.0. The van der Waals surface area contributed by atoms with Gasteiger partial charge in [-0.2, -0.15) is 10.4 Å². The first-order valence-corrected chi connectivity index (χ1v) is 9.80. The number of rotatable bonds is 7. The number of nitrogens with one attached hydrogen (secondary N) is 1. The van der Waals surface area contributed by atoms with E-state index in [1.165, 1.54) is 6.08 Å². The van der Waals surface area contributed by atoms with Gasteiger partial charge in [-0.25, -0.2) is 4.79 Å². The summed E-state index contributed by atoms with van der Waals surface area (Å²) in [6.07, 6.45) is 1.51. The van der Waals surface area contributed by atoms with E-state index in [2.05, 4.69) is 28.8 Å². The van der Waals surface area contributed by atoms with Crippen LogP contribution in [0.1, 0.15) is 42.2 Å². The standard InChI is InChI=1S/C22H29N5O3/c1-13(2)11-27-14(3)8-18(16(27)5)9-19(10-23)22(29)30-12-20(28)24-21-15(4)25-26(7)17(21)6/h8-9,13H,11-12H2,1-7H3,(H,24,28)/b19-9+. The number of anilines is 1. The molecule has 8 heteroatoms. The van der Waals surface area contributed by atoms with Crippen LogP contribution in [0.25, 0.3) is 6.08 Å². The van der Waals surface area contributed by atoms with Crippen LogP contribution in [0.15, 0.2) is 11.6 Å². The van der Waals surface area contributed by atoms with Gasteiger partial charge in [0.15, 0.2) is 6.61 Å². The molecule has 0 saturated carbocycles. The number of hydrogen-bond acceptors (Lipinski definition) is 5. The lowest BCUT2D eigenvalue weighted by Gasteiger charge is -2.12. The van der Waals surface area contributed by atoms with Gasteiger partial charge in [0.05, 0.1) is 17.1 Å². The number of carbonyl (C=O) groups is 2. The second-order valence-electron chi connectivity index (χ2n) is 7.79. The van der Waals surface area contributed by atoms with E-state index in [4.69, 9.17) is 4.74 Å². The largest absolute Gasteiger partial charge is 0.451 e. The van der Waals surface area contributed by atoms with Gasteiger partial charge in [-0.3, -0.25) is 9.48 Å². The molecule has 0 saturated heterocycles. The van der Waals surface area contributed by atoms with Crippen LogP contribution in [0.5, 0.6) is 0 Å². The molecule has 1 amide bonds. The highest BCUT2D eigenvalue weighted by atomic mass is 16.5. The average molecular weight is 412 g/mol. The van der Waals surface area contributed by atoms with Crippen LogP contribution in [0, 0.1) is 44.9 Å². The van der Waals surface area contributed by atoms with Crippen LogP contribution in [0.2, 0.25) is 0 Å². The van der Waals surface area contributed by atoms with E-state index in [-0.39, 0.29) is 5.57 Å². The second kappa shape index (κ2) is 9.44. The molecule has 30 heavy (non-hydrogen) atoms. The minimum atomic E-state index is -0.832. The normalized spacial score (nSPS) is 11.5. The number of aromatic nitrogens is 3. The van der Waals surface area contributed by atoms with Gasteiger partial charge in [0, 0.05) is 25.0 Å². The average Bonchev–Trinajstić information content (AvgIpc) is 3.07. The SMILES string of the molecule is Cc1nn(C)c(C)c1NC(=O)COC(=O)/C(C#N)=C/c1cc(C)n(CC(C)C)c1C. The maximum atomic E-state index is 12.3. The predicted molar refractivity (Wildman–Crippen MR) is 115 cm³/mol. The predicted octanol–water partition coefficient (Wildman–Crippen LogP) is 3.20. The van der Waals surface area contributed by atoms with E-state index >= 15 is 0 Å². The third kappa shape index (κ3) is 5.17. The van der Waals surface area contributed by atoms with Gasteiger partial charge in [0.25, 0.3) is 5.91 Å². The summed E-state index contributed by atoms with van der Waals surface area (Å²) in [5, 5.41) is 16.3. The van der Waals surface area contributed by atoms with Crippen LogP contribution >= 0.6 is 0 Å². The van der Waals surface area contributed by atoms with Crippen molar-refractivity contribution < 1.29 is 14.3 Å². The van der Waals surface area contributed by atoms with Crippen LogP contribution in [0.3, 0.4) is 0 Å². The number of amides is 1. The third-order valence-corrected chi connectivity index (χ3v) is 4.91. The molecule has 0 aliphatic carbocycles. The molecular formula is C22H29N5O3. The Morgan fingerprint density at radius 1 is 1.27 bits per heavy atom. The molecule has 0 bridgehead atoms. The van der Waals surface area contributed by atoms with Crippen molar-refractivity contribution in [2.24, 2.45) is 13.0 Å². The fourth-order valence-corrected chi connectivity index (χ4v) is 3.25.